The van der Waals surface area contributed by atoms with Crippen molar-refractivity contribution in [2.45, 2.75) is 6.92 Å². The van der Waals surface area contributed by atoms with Gasteiger partial charge in [-0.3, -0.25) is 9.78 Å². The predicted octanol–water partition coefficient (Wildman–Crippen LogP) is 3.32. The van der Waals surface area contributed by atoms with Gasteiger partial charge in [0.15, 0.2) is 0 Å². The first-order chi connectivity index (χ1) is 11.1. The van der Waals surface area contributed by atoms with Gasteiger partial charge in [-0.15, -0.1) is 0 Å². The predicted molar refractivity (Wildman–Crippen MR) is 89.9 cm³/mol. The first-order valence-electron chi connectivity index (χ1n) is 7.52. The fourth-order valence-corrected chi connectivity index (χ4v) is 2.55. The van der Waals surface area contributed by atoms with Crippen LogP contribution in [-0.2, 0) is 4.79 Å². The second kappa shape index (κ2) is 6.98. The minimum absolute atomic E-state index is 0.00960. The summed E-state index contributed by atoms with van der Waals surface area (Å²) in [5.41, 5.74) is 0.668. The molecule has 0 saturated carbocycles. The number of benzene rings is 1. The Balaban J connectivity index is 1.65. The molecule has 5 nitrogen and oxygen atoms in total. The van der Waals surface area contributed by atoms with Crippen LogP contribution in [0.25, 0.3) is 0 Å². The van der Waals surface area contributed by atoms with E-state index in [1.165, 1.54) is 0 Å². The molecule has 0 bridgehead atoms. The Labute approximate surface area is 140 Å². The monoisotopic (exact) mass is 331 g/mol. The lowest BCUT2D eigenvalue weighted by molar-refractivity contribution is -0.121. The normalized spacial score (nSPS) is 15.6. The molecule has 1 amide bonds. The molecule has 0 spiro atoms. The summed E-state index contributed by atoms with van der Waals surface area (Å²) in [5, 5.41) is 6.53. The zero-order chi connectivity index (χ0) is 16.2. The summed E-state index contributed by atoms with van der Waals surface area (Å²) in [6, 6.07) is 8.72. The van der Waals surface area contributed by atoms with Crippen molar-refractivity contribution in [3.63, 3.8) is 0 Å². The highest BCUT2D eigenvalue weighted by Crippen LogP contribution is 2.31. The molecule has 1 aliphatic rings. The second-order valence-electron chi connectivity index (χ2n) is 5.63. The summed E-state index contributed by atoms with van der Waals surface area (Å²) in [6.07, 6.45) is 3.29. The second-order valence-corrected chi connectivity index (χ2v) is 6.03. The van der Waals surface area contributed by atoms with E-state index in [1.807, 2.05) is 6.92 Å². The standard InChI is InChI=1S/C17H18ClN3O2/c1-11(12-9-20-10-12)17(22)21-13-2-3-16(15(18)8-13)23-14-4-6-19-7-5-14/h2-8,11-12,20H,9-10H2,1H3,(H,21,22). The molecule has 2 N–H and O–H groups in total. The Kier molecular flexibility index (Phi) is 4.79. The number of rotatable bonds is 5. The minimum atomic E-state index is -0.0252. The lowest BCUT2D eigenvalue weighted by atomic mass is 9.88. The van der Waals surface area contributed by atoms with Gasteiger partial charge in [-0.1, -0.05) is 18.5 Å². The van der Waals surface area contributed by atoms with Gasteiger partial charge in [-0.2, -0.15) is 0 Å². The summed E-state index contributed by atoms with van der Waals surface area (Å²) in [7, 11) is 0. The molecule has 1 unspecified atom stereocenters. The number of hydrogen-bond acceptors (Lipinski definition) is 4. The molecule has 1 atom stereocenters. The molecule has 23 heavy (non-hydrogen) atoms. The average Bonchev–Trinajstić information content (AvgIpc) is 2.49. The van der Waals surface area contributed by atoms with Crippen LogP contribution in [0, 0.1) is 11.8 Å². The largest absolute Gasteiger partial charge is 0.456 e. The van der Waals surface area contributed by atoms with E-state index in [2.05, 4.69) is 15.6 Å². The Bertz CT molecular complexity index is 689. The molecule has 3 rings (SSSR count). The molecule has 2 aromatic rings. The van der Waals surface area contributed by atoms with Crippen LogP contribution in [0.4, 0.5) is 5.69 Å². The molecule has 0 radical (unpaired) electrons. The fraction of sp³-hybridized carbons (Fsp3) is 0.294. The lowest BCUT2D eigenvalue weighted by Gasteiger charge is -2.31. The van der Waals surface area contributed by atoms with Crippen molar-refractivity contribution in [1.29, 1.82) is 0 Å². The van der Waals surface area contributed by atoms with E-state index < -0.39 is 0 Å². The van der Waals surface area contributed by atoms with Crippen LogP contribution in [0.3, 0.4) is 0 Å². The van der Waals surface area contributed by atoms with Crippen LogP contribution in [-0.4, -0.2) is 24.0 Å². The number of hydrogen-bond donors (Lipinski definition) is 2. The number of nitrogens with one attached hydrogen (secondary N) is 2. The van der Waals surface area contributed by atoms with Gasteiger partial charge in [0.1, 0.15) is 11.5 Å². The van der Waals surface area contributed by atoms with Gasteiger partial charge < -0.3 is 15.4 Å². The third-order valence-corrected chi connectivity index (χ3v) is 4.31. The van der Waals surface area contributed by atoms with Crippen molar-refractivity contribution in [2.75, 3.05) is 18.4 Å². The fourth-order valence-electron chi connectivity index (χ4n) is 2.33. The number of amides is 1. The van der Waals surface area contributed by atoms with Crippen molar-refractivity contribution in [1.82, 2.24) is 10.3 Å². The highest BCUT2D eigenvalue weighted by molar-refractivity contribution is 6.32. The number of carbonyl (C=O) groups excluding carboxylic acids is 1. The molecular formula is C17H18ClN3O2. The van der Waals surface area contributed by atoms with Gasteiger partial charge in [0.25, 0.3) is 0 Å². The summed E-state index contributed by atoms with van der Waals surface area (Å²) in [4.78, 5) is 16.1. The first kappa shape index (κ1) is 15.8. The maximum Gasteiger partial charge on any atom is 0.227 e. The highest BCUT2D eigenvalue weighted by Gasteiger charge is 2.28. The number of anilines is 1. The molecule has 1 aromatic carbocycles. The Morgan fingerprint density at radius 1 is 1.35 bits per heavy atom. The Morgan fingerprint density at radius 2 is 2.09 bits per heavy atom. The summed E-state index contributed by atoms with van der Waals surface area (Å²) >= 11 is 6.24. The smallest absolute Gasteiger partial charge is 0.227 e. The maximum atomic E-state index is 12.2. The maximum absolute atomic E-state index is 12.2. The number of pyridine rings is 1. The van der Waals surface area contributed by atoms with Crippen LogP contribution in [0.5, 0.6) is 11.5 Å². The third-order valence-electron chi connectivity index (χ3n) is 4.01. The van der Waals surface area contributed by atoms with Crippen molar-refractivity contribution in [3.8, 4) is 11.5 Å². The van der Waals surface area contributed by atoms with Gasteiger partial charge >= 0.3 is 0 Å². The van der Waals surface area contributed by atoms with Crippen LogP contribution in [0.1, 0.15) is 6.92 Å². The van der Waals surface area contributed by atoms with E-state index in [1.54, 1.807) is 42.7 Å². The Morgan fingerprint density at radius 3 is 2.70 bits per heavy atom. The summed E-state index contributed by atoms with van der Waals surface area (Å²) < 4.78 is 5.69. The average molecular weight is 332 g/mol. The third kappa shape index (κ3) is 3.81. The molecule has 1 aliphatic heterocycles. The zero-order valence-electron chi connectivity index (χ0n) is 12.8. The number of halogens is 1. The van der Waals surface area contributed by atoms with Gasteiger partial charge in [0, 0.05) is 24.0 Å². The van der Waals surface area contributed by atoms with Crippen molar-refractivity contribution < 1.29 is 9.53 Å². The summed E-state index contributed by atoms with van der Waals surface area (Å²) in [6.45, 7) is 3.74. The van der Waals surface area contributed by atoms with E-state index in [0.717, 1.165) is 13.1 Å². The van der Waals surface area contributed by atoms with Crippen molar-refractivity contribution in [2.24, 2.45) is 11.8 Å². The number of carbonyl (C=O) groups is 1. The molecule has 6 heteroatoms. The van der Waals surface area contributed by atoms with Crippen molar-refractivity contribution >= 4 is 23.2 Å². The van der Waals surface area contributed by atoms with Crippen LogP contribution in [0.2, 0.25) is 5.02 Å². The molecule has 1 saturated heterocycles. The van der Waals surface area contributed by atoms with Gasteiger partial charge in [-0.25, -0.2) is 0 Å². The number of aromatic nitrogens is 1. The van der Waals surface area contributed by atoms with E-state index in [9.17, 15) is 4.79 Å². The topological polar surface area (TPSA) is 63.2 Å². The van der Waals surface area contributed by atoms with E-state index in [4.69, 9.17) is 16.3 Å². The molecule has 120 valence electrons. The van der Waals surface area contributed by atoms with Gasteiger partial charge in [0.2, 0.25) is 5.91 Å². The zero-order valence-corrected chi connectivity index (χ0v) is 13.5. The van der Waals surface area contributed by atoms with Crippen molar-refractivity contribution in [3.05, 3.63) is 47.7 Å². The lowest BCUT2D eigenvalue weighted by Crippen LogP contribution is -2.48. The van der Waals surface area contributed by atoms with Crippen LogP contribution >= 0.6 is 11.6 Å². The quantitative estimate of drug-likeness (QED) is 0.882. The van der Waals surface area contributed by atoms with Gasteiger partial charge in [-0.05, 0) is 49.3 Å². The van der Waals surface area contributed by atoms with E-state index >= 15 is 0 Å². The van der Waals surface area contributed by atoms with Crippen LogP contribution < -0.4 is 15.4 Å². The molecule has 1 fully saturated rings. The summed E-state index contributed by atoms with van der Waals surface area (Å²) in [5.74, 6) is 1.58. The van der Waals surface area contributed by atoms with Gasteiger partial charge in [0.05, 0.1) is 5.02 Å². The highest BCUT2D eigenvalue weighted by atomic mass is 35.5. The molecular weight excluding hydrogens is 314 g/mol. The Hall–Kier alpha value is -2.11. The molecule has 0 aliphatic carbocycles. The number of ether oxygens (including phenoxy) is 1. The van der Waals surface area contributed by atoms with E-state index in [-0.39, 0.29) is 11.8 Å². The first-order valence-corrected chi connectivity index (χ1v) is 7.90. The minimum Gasteiger partial charge on any atom is -0.456 e. The molecule has 1 aromatic heterocycles. The SMILES string of the molecule is CC(C(=O)Nc1ccc(Oc2ccncc2)c(Cl)c1)C1CNC1. The van der Waals surface area contributed by atoms with E-state index in [0.29, 0.717) is 28.1 Å². The number of nitrogens with zero attached hydrogens (tertiary/aromatic N) is 1. The molecule has 2 heterocycles. The van der Waals surface area contributed by atoms with Crippen LogP contribution in [0.15, 0.2) is 42.7 Å².